The molecule has 1 saturated carbocycles. The first-order valence-electron chi connectivity index (χ1n) is 6.19. The third-order valence-electron chi connectivity index (χ3n) is 3.27. The molecular formula is C13H16F3NO3. The van der Waals surface area contributed by atoms with Crippen molar-refractivity contribution in [2.45, 2.75) is 31.3 Å². The highest BCUT2D eigenvalue weighted by Crippen LogP contribution is 2.40. The SMILES string of the molecule is COc1ccc(OC(F)(F)F)cc1[C@H](N)[C@H](O)C1CC1. The van der Waals surface area contributed by atoms with Crippen molar-refractivity contribution in [3.05, 3.63) is 23.8 Å². The zero-order chi connectivity index (χ0) is 14.9. The van der Waals surface area contributed by atoms with Gasteiger partial charge in [-0.15, -0.1) is 13.2 Å². The van der Waals surface area contributed by atoms with E-state index in [4.69, 9.17) is 10.5 Å². The van der Waals surface area contributed by atoms with Gasteiger partial charge in [0.1, 0.15) is 11.5 Å². The molecule has 0 saturated heterocycles. The molecule has 0 bridgehead atoms. The van der Waals surface area contributed by atoms with Gasteiger partial charge in [-0.05, 0) is 37.0 Å². The van der Waals surface area contributed by atoms with Gasteiger partial charge in [-0.2, -0.15) is 0 Å². The second kappa shape index (κ2) is 5.49. The Hall–Kier alpha value is -1.47. The van der Waals surface area contributed by atoms with Crippen LogP contribution < -0.4 is 15.2 Å². The summed E-state index contributed by atoms with van der Waals surface area (Å²) >= 11 is 0. The predicted octanol–water partition coefficient (Wildman–Crippen LogP) is 2.36. The van der Waals surface area contributed by atoms with Gasteiger partial charge in [-0.3, -0.25) is 0 Å². The molecular weight excluding hydrogens is 275 g/mol. The van der Waals surface area contributed by atoms with Crippen LogP contribution in [-0.4, -0.2) is 24.7 Å². The molecule has 1 aliphatic rings. The van der Waals surface area contributed by atoms with Crippen LogP contribution >= 0.6 is 0 Å². The maximum absolute atomic E-state index is 12.2. The van der Waals surface area contributed by atoms with Crippen molar-refractivity contribution in [3.63, 3.8) is 0 Å². The first-order valence-corrected chi connectivity index (χ1v) is 6.19. The van der Waals surface area contributed by atoms with E-state index in [-0.39, 0.29) is 11.7 Å². The van der Waals surface area contributed by atoms with Crippen LogP contribution in [0.4, 0.5) is 13.2 Å². The van der Waals surface area contributed by atoms with Crippen LogP contribution in [0, 0.1) is 5.92 Å². The molecule has 20 heavy (non-hydrogen) atoms. The number of nitrogens with two attached hydrogens (primary N) is 1. The van der Waals surface area contributed by atoms with Gasteiger partial charge in [0.15, 0.2) is 0 Å². The Morgan fingerprint density at radius 3 is 2.50 bits per heavy atom. The van der Waals surface area contributed by atoms with Crippen LogP contribution in [0.15, 0.2) is 18.2 Å². The van der Waals surface area contributed by atoms with E-state index < -0.39 is 18.5 Å². The lowest BCUT2D eigenvalue weighted by molar-refractivity contribution is -0.274. The number of methoxy groups -OCH3 is 1. The Morgan fingerprint density at radius 2 is 2.00 bits per heavy atom. The van der Waals surface area contributed by atoms with Gasteiger partial charge >= 0.3 is 6.36 Å². The molecule has 4 nitrogen and oxygen atoms in total. The highest BCUT2D eigenvalue weighted by Gasteiger charge is 2.36. The van der Waals surface area contributed by atoms with Crippen molar-refractivity contribution < 1.29 is 27.8 Å². The fourth-order valence-corrected chi connectivity index (χ4v) is 2.08. The molecule has 0 aromatic heterocycles. The average Bonchev–Trinajstić information content (AvgIpc) is 3.19. The fraction of sp³-hybridized carbons (Fsp3) is 0.538. The molecule has 1 aromatic rings. The number of ether oxygens (including phenoxy) is 2. The molecule has 7 heteroatoms. The smallest absolute Gasteiger partial charge is 0.496 e. The van der Waals surface area contributed by atoms with Crippen molar-refractivity contribution >= 4 is 0 Å². The number of hydrogen-bond donors (Lipinski definition) is 2. The molecule has 1 aliphatic carbocycles. The van der Waals surface area contributed by atoms with Crippen molar-refractivity contribution in [1.82, 2.24) is 0 Å². The molecule has 0 spiro atoms. The third kappa shape index (κ3) is 3.55. The maximum Gasteiger partial charge on any atom is 0.573 e. The summed E-state index contributed by atoms with van der Waals surface area (Å²) in [7, 11) is 1.39. The molecule has 112 valence electrons. The summed E-state index contributed by atoms with van der Waals surface area (Å²) in [6.07, 6.45) is -3.83. The Kier molecular flexibility index (Phi) is 4.10. The number of hydrogen-bond acceptors (Lipinski definition) is 4. The van der Waals surface area contributed by atoms with Gasteiger partial charge < -0.3 is 20.3 Å². The Balaban J connectivity index is 2.26. The molecule has 2 atom stereocenters. The van der Waals surface area contributed by atoms with Crippen LogP contribution in [0.25, 0.3) is 0 Å². The lowest BCUT2D eigenvalue weighted by Gasteiger charge is -2.22. The summed E-state index contributed by atoms with van der Waals surface area (Å²) in [5.41, 5.74) is 6.22. The minimum Gasteiger partial charge on any atom is -0.496 e. The van der Waals surface area contributed by atoms with Gasteiger partial charge in [0, 0.05) is 5.56 Å². The van der Waals surface area contributed by atoms with E-state index in [0.717, 1.165) is 25.0 Å². The second-order valence-corrected chi connectivity index (χ2v) is 4.81. The molecule has 0 amide bonds. The molecule has 3 N–H and O–H groups in total. The largest absolute Gasteiger partial charge is 0.573 e. The summed E-state index contributed by atoms with van der Waals surface area (Å²) in [5.74, 6) is 0.0420. The van der Waals surface area contributed by atoms with Gasteiger partial charge in [0.25, 0.3) is 0 Å². The quantitative estimate of drug-likeness (QED) is 0.874. The molecule has 0 heterocycles. The van der Waals surface area contributed by atoms with Gasteiger partial charge in [-0.1, -0.05) is 0 Å². The fourth-order valence-electron chi connectivity index (χ4n) is 2.08. The molecule has 0 radical (unpaired) electrons. The minimum absolute atomic E-state index is 0.0990. The summed E-state index contributed by atoms with van der Waals surface area (Å²) in [6, 6.07) is 2.83. The van der Waals surface area contributed by atoms with Crippen molar-refractivity contribution in [3.8, 4) is 11.5 Å². The summed E-state index contributed by atoms with van der Waals surface area (Å²) in [5, 5.41) is 10.0. The topological polar surface area (TPSA) is 64.7 Å². The lowest BCUT2D eigenvalue weighted by Crippen LogP contribution is -2.28. The van der Waals surface area contributed by atoms with E-state index >= 15 is 0 Å². The van der Waals surface area contributed by atoms with Crippen LogP contribution in [-0.2, 0) is 0 Å². The van der Waals surface area contributed by atoms with E-state index in [1.54, 1.807) is 0 Å². The lowest BCUT2D eigenvalue weighted by atomic mass is 9.98. The highest BCUT2D eigenvalue weighted by atomic mass is 19.4. The third-order valence-corrected chi connectivity index (χ3v) is 3.27. The normalized spacial score (nSPS) is 18.5. The van der Waals surface area contributed by atoms with Crippen LogP contribution in [0.5, 0.6) is 11.5 Å². The van der Waals surface area contributed by atoms with Gasteiger partial charge in [-0.25, -0.2) is 0 Å². The Labute approximate surface area is 114 Å². The van der Waals surface area contributed by atoms with E-state index in [2.05, 4.69) is 4.74 Å². The van der Waals surface area contributed by atoms with E-state index in [0.29, 0.717) is 11.3 Å². The van der Waals surface area contributed by atoms with Crippen molar-refractivity contribution in [1.29, 1.82) is 0 Å². The van der Waals surface area contributed by atoms with Crippen molar-refractivity contribution in [2.24, 2.45) is 11.7 Å². The predicted molar refractivity (Wildman–Crippen MR) is 65.3 cm³/mol. The van der Waals surface area contributed by atoms with Crippen molar-refractivity contribution in [2.75, 3.05) is 7.11 Å². The standard InChI is InChI=1S/C13H16F3NO3/c1-19-10-5-4-8(20-13(14,15)16)6-9(10)11(17)12(18)7-2-3-7/h4-7,11-12,18H,2-3,17H2,1H3/t11-,12+/m0/s1. The first-order chi connectivity index (χ1) is 9.31. The zero-order valence-electron chi connectivity index (χ0n) is 10.9. The first kappa shape index (κ1) is 14.9. The number of halogens is 3. The highest BCUT2D eigenvalue weighted by molar-refractivity contribution is 5.42. The monoisotopic (exact) mass is 291 g/mol. The van der Waals surface area contributed by atoms with Gasteiger partial charge in [0.05, 0.1) is 19.3 Å². The number of alkyl halides is 3. The van der Waals surface area contributed by atoms with E-state index in [1.165, 1.54) is 13.2 Å². The number of benzene rings is 1. The molecule has 0 aliphatic heterocycles. The van der Waals surface area contributed by atoms with Crippen LogP contribution in [0.3, 0.4) is 0 Å². The second-order valence-electron chi connectivity index (χ2n) is 4.81. The van der Waals surface area contributed by atoms with Crippen LogP contribution in [0.1, 0.15) is 24.4 Å². The number of aliphatic hydroxyl groups is 1. The summed E-state index contributed by atoms with van der Waals surface area (Å²) in [6.45, 7) is 0. The van der Waals surface area contributed by atoms with E-state index in [9.17, 15) is 18.3 Å². The number of rotatable bonds is 5. The molecule has 1 fully saturated rings. The molecule has 2 rings (SSSR count). The molecule has 1 aromatic carbocycles. The van der Waals surface area contributed by atoms with Gasteiger partial charge in [0.2, 0.25) is 0 Å². The summed E-state index contributed by atoms with van der Waals surface area (Å²) < 4.78 is 45.6. The van der Waals surface area contributed by atoms with Crippen LogP contribution in [0.2, 0.25) is 0 Å². The Morgan fingerprint density at radius 1 is 1.35 bits per heavy atom. The average molecular weight is 291 g/mol. The summed E-state index contributed by atoms with van der Waals surface area (Å²) in [4.78, 5) is 0. The zero-order valence-corrected chi connectivity index (χ0v) is 10.9. The maximum atomic E-state index is 12.2. The number of aliphatic hydroxyl groups excluding tert-OH is 1. The molecule has 0 unspecified atom stereocenters. The minimum atomic E-state index is -4.77. The van der Waals surface area contributed by atoms with E-state index in [1.807, 2.05) is 0 Å². The Bertz CT molecular complexity index is 474.